The molecule has 0 aliphatic rings. The van der Waals surface area contributed by atoms with Gasteiger partial charge < -0.3 is 0 Å². The maximum absolute atomic E-state index is 2.89. The minimum absolute atomic E-state index is 0. The summed E-state index contributed by atoms with van der Waals surface area (Å²) in [4.78, 5) is 0. The molecule has 2 aromatic carbocycles. The Bertz CT molecular complexity index is 181. The molecular formula is C12H10Pd. The van der Waals surface area contributed by atoms with Gasteiger partial charge in [0.05, 0.1) is 0 Å². The van der Waals surface area contributed by atoms with Gasteiger partial charge >= 0.3 is 20.4 Å². The Labute approximate surface area is 93.3 Å². The second kappa shape index (κ2) is 9.19. The van der Waals surface area contributed by atoms with Crippen LogP contribution in [0.15, 0.2) is 60.7 Å². The van der Waals surface area contributed by atoms with Crippen LogP contribution in [0.4, 0.5) is 0 Å². The van der Waals surface area contributed by atoms with Crippen LogP contribution in [0.3, 0.4) is 0 Å². The van der Waals surface area contributed by atoms with Gasteiger partial charge in [-0.3, -0.25) is 0 Å². The molecule has 68 valence electrons. The Morgan fingerprint density at radius 2 is 0.769 bits per heavy atom. The molecule has 0 nitrogen and oxygen atoms in total. The van der Waals surface area contributed by atoms with E-state index >= 15 is 0 Å². The van der Waals surface area contributed by atoms with E-state index in [2.05, 4.69) is 12.1 Å². The quantitative estimate of drug-likeness (QED) is 0.505. The Hall–Kier alpha value is -0.898. The average Bonchev–Trinajstić information content (AvgIpc) is 2.24. The van der Waals surface area contributed by atoms with E-state index in [0.717, 1.165) is 0 Å². The van der Waals surface area contributed by atoms with Crippen LogP contribution in [0.25, 0.3) is 0 Å². The molecule has 0 aliphatic carbocycles. The minimum atomic E-state index is 0. The van der Waals surface area contributed by atoms with Gasteiger partial charge in [0.1, 0.15) is 0 Å². The Balaban J connectivity index is 0.000000206. The van der Waals surface area contributed by atoms with E-state index < -0.39 is 0 Å². The Morgan fingerprint density at radius 3 is 0.846 bits per heavy atom. The first-order valence-electron chi connectivity index (χ1n) is 3.82. The Kier molecular flexibility index (Phi) is 8.56. The predicted octanol–water partition coefficient (Wildman–Crippen LogP) is 2.97. The first-order valence-corrected chi connectivity index (χ1v) is 3.82. The average molecular weight is 261 g/mol. The van der Waals surface area contributed by atoms with Gasteiger partial charge in [-0.1, -0.05) is 0 Å². The summed E-state index contributed by atoms with van der Waals surface area (Å²) in [5.74, 6) is 0. The summed E-state index contributed by atoms with van der Waals surface area (Å²) in [5.41, 5.74) is 0. The van der Waals surface area contributed by atoms with Crippen molar-refractivity contribution < 1.29 is 20.4 Å². The van der Waals surface area contributed by atoms with E-state index in [0.29, 0.717) is 0 Å². The molecule has 0 unspecified atom stereocenters. The molecule has 0 aromatic heterocycles. The smallest absolute Gasteiger partial charge is 0.184 e. The monoisotopic (exact) mass is 260 g/mol. The van der Waals surface area contributed by atoms with Crippen molar-refractivity contribution in [2.45, 2.75) is 0 Å². The fourth-order valence-electron chi connectivity index (χ4n) is 0.684. The van der Waals surface area contributed by atoms with Crippen molar-refractivity contribution in [3.05, 3.63) is 72.8 Å². The number of rotatable bonds is 0. The number of hydrogen-bond acceptors (Lipinski definition) is 0. The van der Waals surface area contributed by atoms with Gasteiger partial charge in [-0.05, 0) is 0 Å². The number of benzene rings is 2. The first kappa shape index (κ1) is 12.1. The van der Waals surface area contributed by atoms with Crippen molar-refractivity contribution in [2.75, 3.05) is 0 Å². The molecular weight excluding hydrogens is 251 g/mol. The van der Waals surface area contributed by atoms with Crippen molar-refractivity contribution in [1.29, 1.82) is 0 Å². The molecule has 0 heterocycles. The van der Waals surface area contributed by atoms with Gasteiger partial charge in [-0.25, -0.2) is 0 Å². The summed E-state index contributed by atoms with van der Waals surface area (Å²) in [6.45, 7) is 0. The van der Waals surface area contributed by atoms with E-state index in [1.165, 1.54) is 0 Å². The van der Waals surface area contributed by atoms with Crippen LogP contribution >= 0.6 is 0 Å². The van der Waals surface area contributed by atoms with Gasteiger partial charge in [-0.2, -0.15) is 72.8 Å². The van der Waals surface area contributed by atoms with Crippen molar-refractivity contribution in [1.82, 2.24) is 0 Å². The van der Waals surface area contributed by atoms with E-state index in [1.54, 1.807) is 0 Å². The van der Waals surface area contributed by atoms with E-state index in [1.807, 2.05) is 60.7 Å². The van der Waals surface area contributed by atoms with Gasteiger partial charge in [0.15, 0.2) is 0 Å². The zero-order valence-electron chi connectivity index (χ0n) is 7.09. The third-order valence-electron chi connectivity index (χ3n) is 1.21. The van der Waals surface area contributed by atoms with Crippen molar-refractivity contribution in [3.8, 4) is 0 Å². The van der Waals surface area contributed by atoms with Gasteiger partial charge in [-0.15, -0.1) is 0 Å². The minimum Gasteiger partial charge on any atom is -0.184 e. The molecule has 2 aromatic rings. The molecule has 0 bridgehead atoms. The molecule has 0 amide bonds. The molecule has 0 radical (unpaired) electrons. The van der Waals surface area contributed by atoms with Gasteiger partial charge in [0.25, 0.3) is 0 Å². The van der Waals surface area contributed by atoms with Crippen LogP contribution in [0.2, 0.25) is 0 Å². The second-order valence-electron chi connectivity index (χ2n) is 2.15. The molecule has 13 heavy (non-hydrogen) atoms. The molecule has 0 spiro atoms. The van der Waals surface area contributed by atoms with Crippen LogP contribution in [0.1, 0.15) is 0 Å². The van der Waals surface area contributed by atoms with E-state index in [9.17, 15) is 0 Å². The zero-order chi connectivity index (χ0) is 8.49. The fraction of sp³-hybridized carbons (Fsp3) is 0. The summed E-state index contributed by atoms with van der Waals surface area (Å²) >= 11 is 0. The van der Waals surface area contributed by atoms with Gasteiger partial charge in [0.2, 0.25) is 0 Å². The topological polar surface area (TPSA) is 0 Å². The van der Waals surface area contributed by atoms with Crippen molar-refractivity contribution in [2.24, 2.45) is 0 Å². The van der Waals surface area contributed by atoms with Crippen LogP contribution in [-0.2, 0) is 20.4 Å². The van der Waals surface area contributed by atoms with Crippen LogP contribution in [-0.4, -0.2) is 0 Å². The second-order valence-corrected chi connectivity index (χ2v) is 2.15. The largest absolute Gasteiger partial charge is 2.00 e. The summed E-state index contributed by atoms with van der Waals surface area (Å²) in [6, 6.07) is 25.0. The third kappa shape index (κ3) is 7.46. The Morgan fingerprint density at radius 1 is 0.462 bits per heavy atom. The standard InChI is InChI=1S/2C6H5.Pd/c2*1-2-4-6-5-3-1;/h2*1-5H;/q2*-1;+2. The van der Waals surface area contributed by atoms with E-state index in [-0.39, 0.29) is 20.4 Å². The summed E-state index contributed by atoms with van der Waals surface area (Å²) < 4.78 is 0. The van der Waals surface area contributed by atoms with Crippen molar-refractivity contribution in [3.63, 3.8) is 0 Å². The normalized spacial score (nSPS) is 7.38. The zero-order valence-corrected chi connectivity index (χ0v) is 8.64. The summed E-state index contributed by atoms with van der Waals surface area (Å²) in [5, 5.41) is 0. The summed E-state index contributed by atoms with van der Waals surface area (Å²) in [6.07, 6.45) is 0. The molecule has 0 fully saturated rings. The van der Waals surface area contributed by atoms with Crippen molar-refractivity contribution >= 4 is 0 Å². The third-order valence-corrected chi connectivity index (χ3v) is 1.21. The van der Waals surface area contributed by atoms with Crippen LogP contribution in [0, 0.1) is 12.1 Å². The molecule has 0 N–H and O–H groups in total. The molecule has 0 atom stereocenters. The number of hydrogen-bond donors (Lipinski definition) is 0. The summed E-state index contributed by atoms with van der Waals surface area (Å²) in [7, 11) is 0. The molecule has 0 saturated heterocycles. The van der Waals surface area contributed by atoms with Crippen LogP contribution < -0.4 is 0 Å². The van der Waals surface area contributed by atoms with Crippen LogP contribution in [0.5, 0.6) is 0 Å². The molecule has 1 heteroatoms. The molecule has 2 rings (SSSR count). The van der Waals surface area contributed by atoms with Gasteiger partial charge in [0, 0.05) is 0 Å². The predicted molar refractivity (Wildman–Crippen MR) is 50.6 cm³/mol. The maximum atomic E-state index is 2.89. The maximum Gasteiger partial charge on any atom is 2.00 e. The fourth-order valence-corrected chi connectivity index (χ4v) is 0.684. The molecule has 0 saturated carbocycles. The first-order chi connectivity index (χ1) is 6.00. The SMILES string of the molecule is [Pd+2].[c-]1ccccc1.[c-]1ccccc1. The van der Waals surface area contributed by atoms with E-state index in [4.69, 9.17) is 0 Å². The molecule has 0 aliphatic heterocycles.